The van der Waals surface area contributed by atoms with Crippen LogP contribution in [-0.2, 0) is 4.74 Å². The van der Waals surface area contributed by atoms with Crippen molar-refractivity contribution < 1.29 is 13.9 Å². The molecular formula is C15H19FO2. The van der Waals surface area contributed by atoms with Crippen LogP contribution in [0.5, 0.6) is 0 Å². The fraction of sp³-hybridized carbons (Fsp3) is 0.533. The molecule has 18 heavy (non-hydrogen) atoms. The Balaban J connectivity index is 2.28. The molecule has 4 atom stereocenters. The third kappa shape index (κ3) is 2.19. The van der Waals surface area contributed by atoms with Crippen LogP contribution in [0, 0.1) is 24.6 Å². The molecule has 2 rings (SSSR count). The summed E-state index contributed by atoms with van der Waals surface area (Å²) in [7, 11) is 0. The van der Waals surface area contributed by atoms with Crippen LogP contribution in [0.25, 0.3) is 0 Å². The van der Waals surface area contributed by atoms with Gasteiger partial charge in [0.15, 0.2) is 5.78 Å². The van der Waals surface area contributed by atoms with Crippen molar-refractivity contribution in [3.63, 3.8) is 0 Å². The topological polar surface area (TPSA) is 26.3 Å². The molecule has 0 amide bonds. The van der Waals surface area contributed by atoms with Gasteiger partial charge in [0, 0.05) is 5.56 Å². The van der Waals surface area contributed by atoms with Gasteiger partial charge in [-0.3, -0.25) is 4.79 Å². The van der Waals surface area contributed by atoms with E-state index in [0.717, 1.165) is 0 Å². The zero-order valence-corrected chi connectivity index (χ0v) is 11.2. The Morgan fingerprint density at radius 3 is 2.39 bits per heavy atom. The maximum atomic E-state index is 13.2. The van der Waals surface area contributed by atoms with Gasteiger partial charge in [-0.1, -0.05) is 6.92 Å². The first kappa shape index (κ1) is 13.2. The molecule has 1 aromatic carbocycles. The van der Waals surface area contributed by atoms with Crippen LogP contribution in [0.3, 0.4) is 0 Å². The van der Waals surface area contributed by atoms with Crippen molar-refractivity contribution in [2.24, 2.45) is 11.8 Å². The molecule has 0 radical (unpaired) electrons. The Bertz CT molecular complexity index is 470. The highest BCUT2D eigenvalue weighted by Crippen LogP contribution is 2.34. The standard InChI is InChI=1S/C15H19FO2/c1-8-7-12(5-6-13(8)16)15(17)14-9(2)10(3)18-11(14)4/h5-7,9-11,14H,1-4H3. The maximum Gasteiger partial charge on any atom is 0.168 e. The number of halogens is 1. The van der Waals surface area contributed by atoms with E-state index in [-0.39, 0.29) is 35.6 Å². The Labute approximate surface area is 107 Å². The van der Waals surface area contributed by atoms with Crippen LogP contribution < -0.4 is 0 Å². The van der Waals surface area contributed by atoms with Gasteiger partial charge < -0.3 is 4.74 Å². The minimum Gasteiger partial charge on any atom is -0.374 e. The Morgan fingerprint density at radius 1 is 1.22 bits per heavy atom. The molecule has 3 heteroatoms. The van der Waals surface area contributed by atoms with Crippen LogP contribution in [-0.4, -0.2) is 18.0 Å². The first-order valence-corrected chi connectivity index (χ1v) is 6.37. The summed E-state index contributed by atoms with van der Waals surface area (Å²) < 4.78 is 18.9. The first-order chi connectivity index (χ1) is 8.41. The highest BCUT2D eigenvalue weighted by Gasteiger charge is 2.41. The third-order valence-corrected chi connectivity index (χ3v) is 3.99. The molecule has 0 saturated carbocycles. The Kier molecular flexibility index (Phi) is 3.53. The number of ether oxygens (including phenoxy) is 1. The van der Waals surface area contributed by atoms with E-state index in [2.05, 4.69) is 0 Å². The van der Waals surface area contributed by atoms with Gasteiger partial charge in [0.05, 0.1) is 18.1 Å². The molecule has 0 N–H and O–H groups in total. The van der Waals surface area contributed by atoms with Crippen LogP contribution in [0.1, 0.15) is 36.7 Å². The number of rotatable bonds is 2. The molecule has 0 bridgehead atoms. The molecule has 0 spiro atoms. The Hall–Kier alpha value is -1.22. The third-order valence-electron chi connectivity index (χ3n) is 3.99. The summed E-state index contributed by atoms with van der Waals surface area (Å²) in [5.74, 6) is -0.158. The minimum absolute atomic E-state index is 0.0578. The van der Waals surface area contributed by atoms with Gasteiger partial charge in [0.25, 0.3) is 0 Å². The molecule has 4 unspecified atom stereocenters. The van der Waals surface area contributed by atoms with E-state index >= 15 is 0 Å². The summed E-state index contributed by atoms with van der Waals surface area (Å²) in [5, 5.41) is 0. The average Bonchev–Trinajstić information content (AvgIpc) is 2.56. The fourth-order valence-electron chi connectivity index (χ4n) is 2.71. The molecule has 1 heterocycles. The number of carbonyl (C=O) groups excluding carboxylic acids is 1. The number of benzene rings is 1. The molecule has 0 aliphatic carbocycles. The number of hydrogen-bond donors (Lipinski definition) is 0. The predicted molar refractivity (Wildman–Crippen MR) is 68.1 cm³/mol. The van der Waals surface area contributed by atoms with Crippen LogP contribution in [0.2, 0.25) is 0 Å². The molecule has 1 aliphatic heterocycles. The average molecular weight is 250 g/mol. The van der Waals surface area contributed by atoms with Gasteiger partial charge in [0.2, 0.25) is 0 Å². The lowest BCUT2D eigenvalue weighted by molar-refractivity contribution is 0.0491. The second kappa shape index (κ2) is 4.81. The van der Waals surface area contributed by atoms with E-state index in [0.29, 0.717) is 11.1 Å². The second-order valence-corrected chi connectivity index (χ2v) is 5.26. The molecule has 0 aromatic heterocycles. The molecule has 98 valence electrons. The number of hydrogen-bond acceptors (Lipinski definition) is 2. The summed E-state index contributed by atoms with van der Waals surface area (Å²) >= 11 is 0. The van der Waals surface area contributed by atoms with E-state index in [1.54, 1.807) is 19.1 Å². The Morgan fingerprint density at radius 2 is 1.89 bits per heavy atom. The molecule has 1 aliphatic rings. The first-order valence-electron chi connectivity index (χ1n) is 6.37. The normalized spacial score (nSPS) is 31.6. The van der Waals surface area contributed by atoms with Gasteiger partial charge >= 0.3 is 0 Å². The SMILES string of the molecule is Cc1cc(C(=O)C2C(C)OC(C)C2C)ccc1F. The molecular weight excluding hydrogens is 231 g/mol. The summed E-state index contributed by atoms with van der Waals surface area (Å²) in [5.41, 5.74) is 1.09. The molecule has 1 saturated heterocycles. The zero-order chi connectivity index (χ0) is 13.4. The lowest BCUT2D eigenvalue weighted by atomic mass is 9.83. The molecule has 2 nitrogen and oxygen atoms in total. The molecule has 1 fully saturated rings. The van der Waals surface area contributed by atoms with Crippen LogP contribution in [0.4, 0.5) is 4.39 Å². The maximum absolute atomic E-state index is 13.2. The van der Waals surface area contributed by atoms with Crippen molar-refractivity contribution in [1.29, 1.82) is 0 Å². The fourth-order valence-corrected chi connectivity index (χ4v) is 2.71. The highest BCUT2D eigenvalue weighted by atomic mass is 19.1. The van der Waals surface area contributed by atoms with E-state index in [4.69, 9.17) is 4.74 Å². The summed E-state index contributed by atoms with van der Waals surface area (Å²) in [6.45, 7) is 7.63. The van der Waals surface area contributed by atoms with Crippen molar-refractivity contribution in [3.8, 4) is 0 Å². The van der Waals surface area contributed by atoms with Crippen LogP contribution >= 0.6 is 0 Å². The van der Waals surface area contributed by atoms with Gasteiger partial charge in [-0.25, -0.2) is 4.39 Å². The minimum atomic E-state index is -0.274. The number of aryl methyl sites for hydroxylation is 1. The van der Waals surface area contributed by atoms with Gasteiger partial charge in [-0.05, 0) is 50.5 Å². The summed E-state index contributed by atoms with van der Waals surface area (Å²) in [6, 6.07) is 4.55. The van der Waals surface area contributed by atoms with E-state index < -0.39 is 0 Å². The van der Waals surface area contributed by atoms with Crippen molar-refractivity contribution in [1.82, 2.24) is 0 Å². The monoisotopic (exact) mass is 250 g/mol. The van der Waals surface area contributed by atoms with Gasteiger partial charge in [0.1, 0.15) is 5.82 Å². The number of carbonyl (C=O) groups is 1. The molecule has 1 aromatic rings. The largest absolute Gasteiger partial charge is 0.374 e. The summed E-state index contributed by atoms with van der Waals surface area (Å²) in [6.07, 6.45) is 0.0170. The van der Waals surface area contributed by atoms with E-state index in [1.165, 1.54) is 6.07 Å². The smallest absolute Gasteiger partial charge is 0.168 e. The summed E-state index contributed by atoms with van der Waals surface area (Å²) in [4.78, 5) is 12.5. The van der Waals surface area contributed by atoms with Gasteiger partial charge in [-0.15, -0.1) is 0 Å². The number of Topliss-reactive ketones (excluding diaryl/α,β-unsaturated/α-hetero) is 1. The van der Waals surface area contributed by atoms with E-state index in [9.17, 15) is 9.18 Å². The predicted octanol–water partition coefficient (Wildman–Crippen LogP) is 3.38. The second-order valence-electron chi connectivity index (χ2n) is 5.26. The van der Waals surface area contributed by atoms with Crippen molar-refractivity contribution in [3.05, 3.63) is 35.1 Å². The van der Waals surface area contributed by atoms with Crippen molar-refractivity contribution in [2.75, 3.05) is 0 Å². The lowest BCUT2D eigenvalue weighted by Gasteiger charge is -2.17. The van der Waals surface area contributed by atoms with E-state index in [1.807, 2.05) is 20.8 Å². The number of ketones is 1. The highest BCUT2D eigenvalue weighted by molar-refractivity contribution is 5.98. The van der Waals surface area contributed by atoms with Crippen molar-refractivity contribution >= 4 is 5.78 Å². The van der Waals surface area contributed by atoms with Gasteiger partial charge in [-0.2, -0.15) is 0 Å². The quantitative estimate of drug-likeness (QED) is 0.752. The van der Waals surface area contributed by atoms with Crippen molar-refractivity contribution in [2.45, 2.75) is 39.9 Å². The van der Waals surface area contributed by atoms with Crippen LogP contribution in [0.15, 0.2) is 18.2 Å². The zero-order valence-electron chi connectivity index (χ0n) is 11.2. The lowest BCUT2D eigenvalue weighted by Crippen LogP contribution is -2.27.